The van der Waals surface area contributed by atoms with Crippen LogP contribution >= 0.6 is 0 Å². The van der Waals surface area contributed by atoms with E-state index in [-0.39, 0.29) is 11.9 Å². The molecule has 0 aliphatic heterocycles. The monoisotopic (exact) mass is 136 g/mol. The standard InChI is InChI=1S/C7H5NO.H3N/c8-5-6-1-3-7(9)4-2-6;/h1-4,9H;1H3. The van der Waals surface area contributed by atoms with Crippen molar-refractivity contribution >= 4 is 0 Å². The van der Waals surface area contributed by atoms with E-state index >= 15 is 0 Å². The second-order valence-corrected chi connectivity index (χ2v) is 1.66. The SMILES string of the molecule is N.N#Cc1ccc(O)cc1. The van der Waals surface area contributed by atoms with Gasteiger partial charge in [0, 0.05) is 0 Å². The highest BCUT2D eigenvalue weighted by atomic mass is 16.3. The van der Waals surface area contributed by atoms with Crippen molar-refractivity contribution in [1.29, 1.82) is 5.26 Å². The van der Waals surface area contributed by atoms with Crippen LogP contribution in [0.2, 0.25) is 0 Å². The Balaban J connectivity index is 0.000000810. The van der Waals surface area contributed by atoms with Gasteiger partial charge in [-0.3, -0.25) is 0 Å². The highest BCUT2D eigenvalue weighted by Gasteiger charge is 1.86. The molecule has 4 N–H and O–H groups in total. The van der Waals surface area contributed by atoms with Crippen molar-refractivity contribution in [2.75, 3.05) is 0 Å². The molecule has 0 spiro atoms. The lowest BCUT2D eigenvalue weighted by Crippen LogP contribution is -1.69. The van der Waals surface area contributed by atoms with Crippen LogP contribution in [0.3, 0.4) is 0 Å². The Morgan fingerprint density at radius 2 is 1.70 bits per heavy atom. The fourth-order valence-corrected chi connectivity index (χ4v) is 0.536. The van der Waals surface area contributed by atoms with Crippen LogP contribution in [0.25, 0.3) is 0 Å². The van der Waals surface area contributed by atoms with Gasteiger partial charge >= 0.3 is 0 Å². The van der Waals surface area contributed by atoms with E-state index in [1.165, 1.54) is 12.1 Å². The Bertz CT molecular complexity index is 235. The number of benzene rings is 1. The normalized spacial score (nSPS) is 7.50. The Hall–Kier alpha value is -1.53. The number of rotatable bonds is 0. The molecule has 52 valence electrons. The summed E-state index contributed by atoms with van der Waals surface area (Å²) in [5.41, 5.74) is 0.563. The molecule has 10 heavy (non-hydrogen) atoms. The molecule has 1 aromatic rings. The molecule has 1 aromatic carbocycles. The zero-order valence-corrected chi connectivity index (χ0v) is 5.41. The van der Waals surface area contributed by atoms with E-state index < -0.39 is 0 Å². The maximum absolute atomic E-state index is 8.74. The van der Waals surface area contributed by atoms with E-state index in [0.717, 1.165) is 0 Å². The van der Waals surface area contributed by atoms with Crippen LogP contribution in [0.1, 0.15) is 5.56 Å². The van der Waals surface area contributed by atoms with E-state index in [0.29, 0.717) is 5.56 Å². The number of nitrogens with zero attached hydrogens (tertiary/aromatic N) is 1. The molecule has 0 aliphatic carbocycles. The van der Waals surface area contributed by atoms with Gasteiger partial charge in [0.05, 0.1) is 11.6 Å². The number of phenolic OH excluding ortho intramolecular Hbond substituents is 1. The van der Waals surface area contributed by atoms with E-state index in [1.807, 2.05) is 6.07 Å². The minimum Gasteiger partial charge on any atom is -0.508 e. The van der Waals surface area contributed by atoms with Crippen molar-refractivity contribution < 1.29 is 5.11 Å². The van der Waals surface area contributed by atoms with Gasteiger partial charge in [-0.25, -0.2) is 0 Å². The average Bonchev–Trinajstić information content (AvgIpc) is 1.90. The Labute approximate surface area is 59.1 Å². The third-order valence-corrected chi connectivity index (χ3v) is 0.996. The summed E-state index contributed by atoms with van der Waals surface area (Å²) in [6.45, 7) is 0. The van der Waals surface area contributed by atoms with Crippen molar-refractivity contribution in [3.8, 4) is 11.8 Å². The fourth-order valence-electron chi connectivity index (χ4n) is 0.536. The molecular formula is C7H8N2O. The molecule has 0 radical (unpaired) electrons. The molecule has 1 rings (SSSR count). The maximum atomic E-state index is 8.74. The molecule has 0 fully saturated rings. The molecule has 0 unspecified atom stereocenters. The van der Waals surface area contributed by atoms with Crippen LogP contribution in [0.15, 0.2) is 24.3 Å². The van der Waals surface area contributed by atoms with Crippen molar-refractivity contribution in [3.63, 3.8) is 0 Å². The Morgan fingerprint density at radius 3 is 2.10 bits per heavy atom. The van der Waals surface area contributed by atoms with E-state index in [9.17, 15) is 0 Å². The van der Waals surface area contributed by atoms with Crippen LogP contribution < -0.4 is 6.15 Å². The maximum Gasteiger partial charge on any atom is 0.115 e. The van der Waals surface area contributed by atoms with E-state index in [4.69, 9.17) is 10.4 Å². The van der Waals surface area contributed by atoms with Crippen molar-refractivity contribution in [2.45, 2.75) is 0 Å². The molecule has 0 aromatic heterocycles. The summed E-state index contributed by atoms with van der Waals surface area (Å²) in [7, 11) is 0. The van der Waals surface area contributed by atoms with Gasteiger partial charge in [-0.05, 0) is 24.3 Å². The quantitative estimate of drug-likeness (QED) is 0.566. The van der Waals surface area contributed by atoms with E-state index in [2.05, 4.69) is 0 Å². The molecule has 3 nitrogen and oxygen atoms in total. The Morgan fingerprint density at radius 1 is 1.20 bits per heavy atom. The highest BCUT2D eigenvalue weighted by molar-refractivity contribution is 5.33. The van der Waals surface area contributed by atoms with Crippen LogP contribution in [-0.4, -0.2) is 5.11 Å². The number of aromatic hydroxyl groups is 1. The van der Waals surface area contributed by atoms with Crippen LogP contribution in [-0.2, 0) is 0 Å². The summed E-state index contributed by atoms with van der Waals surface area (Å²) in [5.74, 6) is 0.189. The lowest BCUT2D eigenvalue weighted by molar-refractivity contribution is 0.475. The lowest BCUT2D eigenvalue weighted by atomic mass is 10.2. The summed E-state index contributed by atoms with van der Waals surface area (Å²) < 4.78 is 0. The zero-order valence-electron chi connectivity index (χ0n) is 5.41. The third kappa shape index (κ3) is 1.77. The predicted octanol–water partition coefficient (Wildman–Crippen LogP) is 1.43. The average molecular weight is 136 g/mol. The van der Waals surface area contributed by atoms with Crippen molar-refractivity contribution in [2.24, 2.45) is 0 Å². The second kappa shape index (κ2) is 3.49. The summed E-state index contributed by atoms with van der Waals surface area (Å²) >= 11 is 0. The minimum atomic E-state index is 0. The number of phenols is 1. The van der Waals surface area contributed by atoms with E-state index in [1.54, 1.807) is 12.1 Å². The van der Waals surface area contributed by atoms with Gasteiger partial charge in [-0.15, -0.1) is 0 Å². The Kier molecular flexibility index (Phi) is 2.95. The molecule has 0 aliphatic rings. The van der Waals surface area contributed by atoms with Gasteiger partial charge in [0.25, 0.3) is 0 Å². The third-order valence-electron chi connectivity index (χ3n) is 0.996. The summed E-state index contributed by atoms with van der Waals surface area (Å²) in [6, 6.07) is 8.04. The van der Waals surface area contributed by atoms with Gasteiger partial charge in [0.1, 0.15) is 5.75 Å². The van der Waals surface area contributed by atoms with Gasteiger partial charge < -0.3 is 11.3 Å². The van der Waals surface area contributed by atoms with Gasteiger partial charge in [0.15, 0.2) is 0 Å². The topological polar surface area (TPSA) is 79.0 Å². The summed E-state index contributed by atoms with van der Waals surface area (Å²) in [5, 5.41) is 17.0. The minimum absolute atomic E-state index is 0. The molecule has 0 amide bonds. The number of nitriles is 1. The van der Waals surface area contributed by atoms with Gasteiger partial charge in [-0.2, -0.15) is 5.26 Å². The fraction of sp³-hybridized carbons (Fsp3) is 0. The first kappa shape index (κ1) is 8.47. The molecule has 3 heteroatoms. The second-order valence-electron chi connectivity index (χ2n) is 1.66. The summed E-state index contributed by atoms with van der Waals surface area (Å²) in [4.78, 5) is 0. The van der Waals surface area contributed by atoms with Crippen molar-refractivity contribution in [1.82, 2.24) is 6.15 Å². The van der Waals surface area contributed by atoms with Crippen LogP contribution in [0.4, 0.5) is 0 Å². The zero-order chi connectivity index (χ0) is 6.69. The molecule has 0 saturated carbocycles. The highest BCUT2D eigenvalue weighted by Crippen LogP contribution is 2.07. The molecule has 0 bridgehead atoms. The number of hydrogen-bond donors (Lipinski definition) is 2. The predicted molar refractivity (Wildman–Crippen MR) is 37.8 cm³/mol. The lowest BCUT2D eigenvalue weighted by Gasteiger charge is -1.87. The first-order valence-corrected chi connectivity index (χ1v) is 2.52. The smallest absolute Gasteiger partial charge is 0.115 e. The first-order valence-electron chi connectivity index (χ1n) is 2.52. The molecule has 0 saturated heterocycles. The van der Waals surface area contributed by atoms with Gasteiger partial charge in [0.2, 0.25) is 0 Å². The van der Waals surface area contributed by atoms with Crippen molar-refractivity contribution in [3.05, 3.63) is 29.8 Å². The van der Waals surface area contributed by atoms with Gasteiger partial charge in [-0.1, -0.05) is 0 Å². The molecular weight excluding hydrogens is 128 g/mol. The van der Waals surface area contributed by atoms with Crippen LogP contribution in [0, 0.1) is 11.3 Å². The summed E-state index contributed by atoms with van der Waals surface area (Å²) in [6.07, 6.45) is 0. The molecule has 0 atom stereocenters. The van der Waals surface area contributed by atoms with Crippen LogP contribution in [0.5, 0.6) is 5.75 Å². The first-order chi connectivity index (χ1) is 4.33. The molecule has 0 heterocycles. The largest absolute Gasteiger partial charge is 0.508 e. The number of hydrogen-bond acceptors (Lipinski definition) is 3.